The summed E-state index contributed by atoms with van der Waals surface area (Å²) in [5.41, 5.74) is 0.562. The molecule has 2 saturated heterocycles. The van der Waals surface area contributed by atoms with E-state index in [1.807, 2.05) is 0 Å². The van der Waals surface area contributed by atoms with Crippen LogP contribution in [0.5, 0.6) is 11.5 Å². The summed E-state index contributed by atoms with van der Waals surface area (Å²) in [4.78, 5) is 14.4. The summed E-state index contributed by atoms with van der Waals surface area (Å²) in [7, 11) is 2.68. The Labute approximate surface area is 320 Å². The number of aromatic nitrogens is 2. The van der Waals surface area contributed by atoms with Crippen LogP contribution in [0.1, 0.15) is 48.8 Å². The molecule has 0 saturated carbocycles. The molecule has 4 aromatic rings. The van der Waals surface area contributed by atoms with E-state index in [0.29, 0.717) is 54.2 Å². The van der Waals surface area contributed by atoms with Gasteiger partial charge in [0.25, 0.3) is 10.0 Å². The van der Waals surface area contributed by atoms with Gasteiger partial charge in [-0.2, -0.15) is 13.2 Å². The van der Waals surface area contributed by atoms with E-state index in [1.54, 1.807) is 30.3 Å². The molecule has 0 N–H and O–H groups in total. The lowest BCUT2D eigenvalue weighted by Crippen LogP contribution is -2.61. The van der Waals surface area contributed by atoms with Crippen molar-refractivity contribution in [2.24, 2.45) is 0 Å². The zero-order valence-corrected chi connectivity index (χ0v) is 32.4. The normalized spacial score (nSPS) is 18.7. The Hall–Kier alpha value is -4.47. The van der Waals surface area contributed by atoms with Crippen LogP contribution < -0.4 is 18.7 Å². The van der Waals surface area contributed by atoms with E-state index in [4.69, 9.17) is 9.47 Å². The molecule has 10 nitrogen and oxygen atoms in total. The first-order valence-electron chi connectivity index (χ1n) is 18.4. The van der Waals surface area contributed by atoms with Crippen LogP contribution in [-0.4, -0.2) is 94.3 Å². The highest BCUT2D eigenvalue weighted by molar-refractivity contribution is 7.92. The first-order chi connectivity index (χ1) is 26.2. The SMILES string of the molecule is COc1ccc(CN(c2ccncn2)S(=O)(=O)c2ccc(N3CCC[C@@](CCc4cccc(C(F)(F)F)c4)(N(C)C4CCN(C)CC4)C3)cc2F)c(OC)c1. The highest BCUT2D eigenvalue weighted by Gasteiger charge is 2.42. The smallest absolute Gasteiger partial charge is 0.416 e. The lowest BCUT2D eigenvalue weighted by molar-refractivity contribution is -0.137. The van der Waals surface area contributed by atoms with Crippen LogP contribution in [0.25, 0.3) is 0 Å². The molecule has 55 heavy (non-hydrogen) atoms. The van der Waals surface area contributed by atoms with E-state index in [0.717, 1.165) is 49.1 Å². The highest BCUT2D eigenvalue weighted by atomic mass is 32.2. The van der Waals surface area contributed by atoms with Crippen molar-refractivity contribution in [2.45, 2.75) is 67.7 Å². The van der Waals surface area contributed by atoms with Crippen molar-refractivity contribution < 1.29 is 35.5 Å². The molecule has 3 heterocycles. The molecule has 2 fully saturated rings. The summed E-state index contributed by atoms with van der Waals surface area (Å²) < 4.78 is 97.6. The molecule has 0 spiro atoms. The molecule has 0 bridgehead atoms. The van der Waals surface area contributed by atoms with E-state index >= 15 is 4.39 Å². The highest BCUT2D eigenvalue weighted by Crippen LogP contribution is 2.39. The summed E-state index contributed by atoms with van der Waals surface area (Å²) in [6.07, 6.45) is 2.77. The number of hydrogen-bond acceptors (Lipinski definition) is 9. The van der Waals surface area contributed by atoms with Crippen LogP contribution in [-0.2, 0) is 29.2 Å². The zero-order chi connectivity index (χ0) is 39.4. The average molecular weight is 785 g/mol. The van der Waals surface area contributed by atoms with E-state index in [2.05, 4.69) is 38.8 Å². The van der Waals surface area contributed by atoms with Crippen molar-refractivity contribution >= 4 is 21.5 Å². The summed E-state index contributed by atoms with van der Waals surface area (Å²) >= 11 is 0. The van der Waals surface area contributed by atoms with Crippen molar-refractivity contribution in [1.29, 1.82) is 0 Å². The van der Waals surface area contributed by atoms with Gasteiger partial charge in [-0.25, -0.2) is 27.1 Å². The number of nitrogens with zero attached hydrogens (tertiary/aromatic N) is 6. The maximum atomic E-state index is 16.3. The number of sulfonamides is 1. The molecule has 2 aliphatic rings. The number of halogens is 4. The number of anilines is 2. The van der Waals surface area contributed by atoms with Gasteiger partial charge in [-0.1, -0.05) is 18.2 Å². The second-order valence-electron chi connectivity index (χ2n) is 14.5. The molecule has 0 unspecified atom stereocenters. The Bertz CT molecular complexity index is 2030. The van der Waals surface area contributed by atoms with Crippen molar-refractivity contribution in [3.63, 3.8) is 0 Å². The summed E-state index contributed by atoms with van der Waals surface area (Å²) in [6.45, 7) is 2.80. The molecule has 15 heteroatoms. The number of benzene rings is 3. The van der Waals surface area contributed by atoms with Gasteiger partial charge in [0.05, 0.1) is 26.3 Å². The lowest BCUT2D eigenvalue weighted by atomic mass is 9.80. The second-order valence-corrected chi connectivity index (χ2v) is 16.3. The van der Waals surface area contributed by atoms with Crippen LogP contribution >= 0.6 is 0 Å². The minimum atomic E-state index is -4.51. The number of likely N-dealkylation sites (tertiary alicyclic amines) is 1. The summed E-state index contributed by atoms with van der Waals surface area (Å²) in [5.74, 6) is 0.0434. The van der Waals surface area contributed by atoms with E-state index in [-0.39, 0.29) is 18.4 Å². The van der Waals surface area contributed by atoms with Gasteiger partial charge in [0.15, 0.2) is 0 Å². The maximum absolute atomic E-state index is 16.3. The molecule has 2 aliphatic heterocycles. The number of methoxy groups -OCH3 is 2. The standard InChI is InChI=1S/C40H48F4N6O4S/c1-47-21-15-32(16-22-47)48(2)39(18-13-29-7-5-8-31(23-29)40(42,43)44)17-6-20-49(27-39)33-10-12-37(35(41)24-33)55(51,52)50(38-14-19-45-28-46-38)26-30-9-11-34(53-3)25-36(30)54-4/h5,7-12,14,19,23-25,28,32H,6,13,15-18,20-22,26-27H2,1-4H3/t39-/m0/s1. The number of rotatable bonds is 13. The van der Waals surface area contributed by atoms with Crippen molar-refractivity contribution in [3.8, 4) is 11.5 Å². The van der Waals surface area contributed by atoms with Gasteiger partial charge in [-0.05, 0) is 108 Å². The predicted octanol–water partition coefficient (Wildman–Crippen LogP) is 7.05. The van der Waals surface area contributed by atoms with Crippen LogP contribution in [0.4, 0.5) is 29.1 Å². The minimum absolute atomic E-state index is 0.0508. The zero-order valence-electron chi connectivity index (χ0n) is 31.6. The number of likely N-dealkylation sites (N-methyl/N-ethyl adjacent to an activating group) is 1. The first-order valence-corrected chi connectivity index (χ1v) is 19.8. The topological polar surface area (TPSA) is 91.3 Å². The second kappa shape index (κ2) is 16.7. The van der Waals surface area contributed by atoms with Crippen LogP contribution in [0.3, 0.4) is 0 Å². The maximum Gasteiger partial charge on any atom is 0.416 e. The fourth-order valence-electron chi connectivity index (χ4n) is 7.92. The third-order valence-corrected chi connectivity index (χ3v) is 12.9. The van der Waals surface area contributed by atoms with Crippen LogP contribution in [0.2, 0.25) is 0 Å². The van der Waals surface area contributed by atoms with E-state index in [9.17, 15) is 21.6 Å². The monoisotopic (exact) mass is 784 g/mol. The van der Waals surface area contributed by atoms with E-state index < -0.39 is 38.0 Å². The molecule has 0 amide bonds. The molecular weight excluding hydrogens is 737 g/mol. The third kappa shape index (κ3) is 9.00. The number of alkyl halides is 3. The predicted molar refractivity (Wildman–Crippen MR) is 204 cm³/mol. The number of aryl methyl sites for hydroxylation is 1. The Balaban J connectivity index is 1.30. The molecule has 0 aliphatic carbocycles. The molecular formula is C40H48F4N6O4S. The molecule has 0 radical (unpaired) electrons. The molecule has 3 aromatic carbocycles. The quantitative estimate of drug-likeness (QED) is 0.133. The van der Waals surface area contributed by atoms with Crippen molar-refractivity contribution in [3.05, 3.63) is 102 Å². The van der Waals surface area contributed by atoms with Crippen molar-refractivity contribution in [1.82, 2.24) is 19.8 Å². The van der Waals surface area contributed by atoms with Gasteiger partial charge in [0.1, 0.15) is 34.4 Å². The first kappa shape index (κ1) is 40.2. The fraction of sp³-hybridized carbons (Fsp3) is 0.450. The Morgan fingerprint density at radius 1 is 0.982 bits per heavy atom. The van der Waals surface area contributed by atoms with Crippen molar-refractivity contribution in [2.75, 3.05) is 63.7 Å². The molecule has 1 aromatic heterocycles. The number of ether oxygens (including phenoxy) is 2. The van der Waals surface area contributed by atoms with Gasteiger partial charge in [-0.3, -0.25) is 4.90 Å². The minimum Gasteiger partial charge on any atom is -0.497 e. The Morgan fingerprint density at radius 3 is 2.44 bits per heavy atom. The van der Waals surface area contributed by atoms with Gasteiger partial charge >= 0.3 is 6.18 Å². The van der Waals surface area contributed by atoms with Gasteiger partial charge < -0.3 is 19.3 Å². The lowest BCUT2D eigenvalue weighted by Gasteiger charge is -2.53. The fourth-order valence-corrected chi connectivity index (χ4v) is 9.37. The molecule has 1 atom stereocenters. The van der Waals surface area contributed by atoms with Gasteiger partial charge in [-0.15, -0.1) is 0 Å². The average Bonchev–Trinajstić information content (AvgIpc) is 3.19. The Morgan fingerprint density at radius 2 is 1.76 bits per heavy atom. The van der Waals surface area contributed by atoms with Gasteiger partial charge in [0.2, 0.25) is 0 Å². The van der Waals surface area contributed by atoms with Crippen LogP contribution in [0.15, 0.2) is 84.1 Å². The Kier molecular flexibility index (Phi) is 12.2. The van der Waals surface area contributed by atoms with Gasteiger partial charge in [0, 0.05) is 54.3 Å². The third-order valence-electron chi connectivity index (χ3n) is 11.2. The molecule has 296 valence electrons. The molecule has 6 rings (SSSR count). The summed E-state index contributed by atoms with van der Waals surface area (Å²) in [6, 6.07) is 16.4. The van der Waals surface area contributed by atoms with Crippen LogP contribution in [0, 0.1) is 5.82 Å². The number of piperidine rings is 2. The largest absolute Gasteiger partial charge is 0.497 e. The number of hydrogen-bond donors (Lipinski definition) is 0. The summed E-state index contributed by atoms with van der Waals surface area (Å²) in [5, 5.41) is 0. The van der Waals surface area contributed by atoms with E-state index in [1.165, 1.54) is 57.1 Å².